The minimum atomic E-state index is -3.51. The predicted molar refractivity (Wildman–Crippen MR) is 152 cm³/mol. The van der Waals surface area contributed by atoms with Crippen molar-refractivity contribution in [2.24, 2.45) is 0 Å². The van der Waals surface area contributed by atoms with Crippen LogP contribution in [0.1, 0.15) is 56.2 Å². The second-order valence-electron chi connectivity index (χ2n) is 10.3. The minimum Gasteiger partial charge on any atom is -0.488 e. The molecule has 202 valence electrons. The van der Waals surface area contributed by atoms with Crippen molar-refractivity contribution >= 4 is 44.6 Å². The first-order valence-electron chi connectivity index (χ1n) is 13.1. The van der Waals surface area contributed by atoms with Crippen LogP contribution in [0.25, 0.3) is 0 Å². The van der Waals surface area contributed by atoms with Gasteiger partial charge in [0.1, 0.15) is 16.9 Å². The van der Waals surface area contributed by atoms with Crippen LogP contribution in [0.3, 0.4) is 0 Å². The van der Waals surface area contributed by atoms with E-state index in [2.05, 4.69) is 45.8 Å². The molecule has 3 aromatic rings. The molecule has 0 bridgehead atoms. The number of sulfone groups is 1. The highest BCUT2D eigenvalue weighted by molar-refractivity contribution is 7.92. The number of piperidine rings is 1. The molecule has 2 aliphatic rings. The van der Waals surface area contributed by atoms with Crippen LogP contribution in [-0.2, 0) is 16.3 Å². The Bertz CT molecular complexity index is 1460. The molecule has 3 heterocycles. The van der Waals surface area contributed by atoms with Crippen LogP contribution in [0.2, 0.25) is 5.02 Å². The lowest BCUT2D eigenvalue weighted by molar-refractivity contribution is 0.256. The van der Waals surface area contributed by atoms with Gasteiger partial charge < -0.3 is 20.7 Å². The molecular weight excluding hydrogens is 522 g/mol. The summed E-state index contributed by atoms with van der Waals surface area (Å²) in [7, 11) is -3.51. The Morgan fingerprint density at radius 3 is 2.61 bits per heavy atom. The van der Waals surface area contributed by atoms with Gasteiger partial charge in [0.05, 0.1) is 27.7 Å². The first-order valence-corrected chi connectivity index (χ1v) is 15.0. The molecule has 1 atom stereocenters. The molecule has 1 aromatic heterocycles. The van der Waals surface area contributed by atoms with Crippen molar-refractivity contribution in [3.05, 3.63) is 58.2 Å². The molecule has 2 aliphatic heterocycles. The van der Waals surface area contributed by atoms with E-state index in [0.29, 0.717) is 23.4 Å². The number of para-hydroxylation sites is 1. The number of aromatic nitrogens is 2. The lowest BCUT2D eigenvalue weighted by Crippen LogP contribution is -2.27. The van der Waals surface area contributed by atoms with E-state index in [1.165, 1.54) is 22.9 Å². The maximum atomic E-state index is 12.9. The van der Waals surface area contributed by atoms with E-state index in [-0.39, 0.29) is 16.0 Å². The molecule has 0 aliphatic carbocycles. The Labute approximate surface area is 229 Å². The summed E-state index contributed by atoms with van der Waals surface area (Å²) in [4.78, 5) is 9.18. The number of nitrogens with zero attached hydrogens (tertiary/aromatic N) is 2. The summed E-state index contributed by atoms with van der Waals surface area (Å²) >= 11 is 6.43. The van der Waals surface area contributed by atoms with E-state index >= 15 is 0 Å². The zero-order valence-electron chi connectivity index (χ0n) is 22.1. The number of anilines is 4. The van der Waals surface area contributed by atoms with Crippen molar-refractivity contribution in [1.82, 2.24) is 15.3 Å². The summed E-state index contributed by atoms with van der Waals surface area (Å²) in [5.74, 6) is 2.03. The fraction of sp³-hybridized carbons (Fsp3) is 0.429. The molecule has 3 N–H and O–H groups in total. The van der Waals surface area contributed by atoms with E-state index < -0.39 is 15.1 Å². The molecule has 5 rings (SSSR count). The molecule has 38 heavy (non-hydrogen) atoms. The van der Waals surface area contributed by atoms with Gasteiger partial charge in [-0.25, -0.2) is 13.4 Å². The summed E-state index contributed by atoms with van der Waals surface area (Å²) in [6, 6.07) is 8.87. The van der Waals surface area contributed by atoms with Gasteiger partial charge in [-0.1, -0.05) is 23.7 Å². The first-order chi connectivity index (χ1) is 18.1. The van der Waals surface area contributed by atoms with Crippen LogP contribution in [-0.4, -0.2) is 42.8 Å². The number of fused-ring (bicyclic) bond motifs is 1. The first kappa shape index (κ1) is 26.7. The van der Waals surface area contributed by atoms with Crippen LogP contribution in [0.4, 0.5) is 23.1 Å². The zero-order valence-corrected chi connectivity index (χ0v) is 23.7. The topological polar surface area (TPSA) is 105 Å². The Kier molecular flexibility index (Phi) is 7.53. The van der Waals surface area contributed by atoms with Crippen molar-refractivity contribution in [3.63, 3.8) is 0 Å². The Balaban J connectivity index is 1.47. The Morgan fingerprint density at radius 2 is 1.87 bits per heavy atom. The van der Waals surface area contributed by atoms with Gasteiger partial charge in [-0.3, -0.25) is 0 Å². The Hall–Kier alpha value is -2.88. The van der Waals surface area contributed by atoms with Gasteiger partial charge in [0.15, 0.2) is 15.7 Å². The van der Waals surface area contributed by atoms with Crippen molar-refractivity contribution in [1.29, 1.82) is 0 Å². The van der Waals surface area contributed by atoms with Crippen LogP contribution < -0.4 is 20.7 Å². The summed E-state index contributed by atoms with van der Waals surface area (Å²) < 4.78 is 32.1. The maximum Gasteiger partial charge on any atom is 0.229 e. The molecule has 0 unspecified atom stereocenters. The lowest BCUT2D eigenvalue weighted by Gasteiger charge is -2.27. The van der Waals surface area contributed by atoms with Gasteiger partial charge in [0.2, 0.25) is 5.95 Å². The number of halogens is 1. The second-order valence-corrected chi connectivity index (χ2v) is 13.2. The number of hydrogen-bond donors (Lipinski definition) is 3. The van der Waals surface area contributed by atoms with Crippen molar-refractivity contribution in [2.75, 3.05) is 23.7 Å². The summed E-state index contributed by atoms with van der Waals surface area (Å²) in [6.45, 7) is 9.64. The number of aryl methyl sites for hydroxylation is 1. The maximum absolute atomic E-state index is 12.9. The van der Waals surface area contributed by atoms with Gasteiger partial charge >= 0.3 is 0 Å². The summed E-state index contributed by atoms with van der Waals surface area (Å²) in [6.07, 6.45) is 4.71. The van der Waals surface area contributed by atoms with Crippen LogP contribution >= 0.6 is 11.6 Å². The molecule has 10 heteroatoms. The molecule has 0 amide bonds. The Morgan fingerprint density at radius 1 is 1.13 bits per heavy atom. The molecule has 1 saturated heterocycles. The molecule has 0 spiro atoms. The van der Waals surface area contributed by atoms with Gasteiger partial charge in [-0.2, -0.15) is 4.98 Å². The molecular formula is C28H34ClN5O3S. The number of benzene rings is 2. The minimum absolute atomic E-state index is 0.0931. The second kappa shape index (κ2) is 10.7. The number of ether oxygens (including phenoxy) is 1. The molecule has 0 radical (unpaired) electrons. The monoisotopic (exact) mass is 555 g/mol. The highest BCUT2D eigenvalue weighted by Crippen LogP contribution is 2.45. The van der Waals surface area contributed by atoms with Crippen LogP contribution in [0.15, 0.2) is 41.4 Å². The van der Waals surface area contributed by atoms with E-state index in [0.717, 1.165) is 43.8 Å². The molecule has 2 aromatic carbocycles. The third-order valence-electron chi connectivity index (χ3n) is 7.25. The fourth-order valence-corrected chi connectivity index (χ4v) is 6.70. The standard InChI is InChI=1S/C28H34ClN5O3S/c1-16(2)38(35,36)24-8-6-5-7-22(24)32-27-21(29)15-31-28(34-27)33-23-13-17(3)25(19-9-11-30-12-10-19)20-14-18(4)37-26(20)23/h5-8,13,15-16,18-19,30H,9-12,14H2,1-4H3,(H2,31,32,33,34)/t18-/m1/s1. The van der Waals surface area contributed by atoms with Gasteiger partial charge in [-0.05, 0) is 88.9 Å². The van der Waals surface area contributed by atoms with Crippen LogP contribution in [0, 0.1) is 6.92 Å². The van der Waals surface area contributed by atoms with Crippen molar-refractivity contribution in [3.8, 4) is 5.75 Å². The molecule has 8 nitrogen and oxygen atoms in total. The third-order valence-corrected chi connectivity index (χ3v) is 9.73. The summed E-state index contributed by atoms with van der Waals surface area (Å²) in [5, 5.41) is 9.62. The van der Waals surface area contributed by atoms with Crippen molar-refractivity contribution in [2.45, 2.75) is 69.1 Å². The largest absolute Gasteiger partial charge is 0.488 e. The fourth-order valence-electron chi connectivity index (χ4n) is 5.36. The average molecular weight is 556 g/mol. The highest BCUT2D eigenvalue weighted by atomic mass is 35.5. The van der Waals surface area contributed by atoms with Gasteiger partial charge in [-0.15, -0.1) is 0 Å². The molecule has 0 saturated carbocycles. The lowest BCUT2D eigenvalue weighted by atomic mass is 9.83. The smallest absolute Gasteiger partial charge is 0.229 e. The van der Waals surface area contributed by atoms with Crippen LogP contribution in [0.5, 0.6) is 5.75 Å². The predicted octanol–water partition coefficient (Wildman–Crippen LogP) is 5.90. The zero-order chi connectivity index (χ0) is 27.0. The highest BCUT2D eigenvalue weighted by Gasteiger charge is 2.31. The normalized spacial score (nSPS) is 17.8. The SMILES string of the molecule is Cc1cc(Nc2ncc(Cl)c(Nc3ccccc3S(=O)(=O)C(C)C)n2)c2c(c1C1CCNCC1)C[C@@H](C)O2. The third kappa shape index (κ3) is 5.19. The quantitative estimate of drug-likeness (QED) is 0.331. The number of hydrogen-bond acceptors (Lipinski definition) is 8. The molecule has 1 fully saturated rings. The van der Waals surface area contributed by atoms with E-state index in [1.807, 2.05) is 0 Å². The van der Waals surface area contributed by atoms with Crippen molar-refractivity contribution < 1.29 is 13.2 Å². The average Bonchev–Trinajstić information content (AvgIpc) is 3.28. The number of rotatable bonds is 7. The van der Waals surface area contributed by atoms with Gasteiger partial charge in [0.25, 0.3) is 0 Å². The summed E-state index contributed by atoms with van der Waals surface area (Å²) in [5.41, 5.74) is 5.14. The number of nitrogens with one attached hydrogen (secondary N) is 3. The van der Waals surface area contributed by atoms with E-state index in [1.54, 1.807) is 38.1 Å². The van der Waals surface area contributed by atoms with E-state index in [9.17, 15) is 8.42 Å². The van der Waals surface area contributed by atoms with E-state index in [4.69, 9.17) is 16.3 Å². The van der Waals surface area contributed by atoms with Gasteiger partial charge in [0, 0.05) is 12.0 Å².